The first-order valence-corrected chi connectivity index (χ1v) is 9.72. The second-order valence-corrected chi connectivity index (χ2v) is 7.62. The van der Waals surface area contributed by atoms with Gasteiger partial charge in [0.05, 0.1) is 12.4 Å². The molecular weight excluding hydrogens is 318 g/mol. The lowest BCUT2D eigenvalue weighted by Crippen LogP contribution is -2.09. The normalized spacial score (nSPS) is 12.3. The van der Waals surface area contributed by atoms with Gasteiger partial charge in [-0.25, -0.2) is 8.42 Å². The van der Waals surface area contributed by atoms with Crippen LogP contribution in [0.15, 0.2) is 17.0 Å². The maximum absolute atomic E-state index is 11.9. The molecule has 0 aliphatic heterocycles. The summed E-state index contributed by atoms with van der Waals surface area (Å²) in [6.45, 7) is 1.63. The van der Waals surface area contributed by atoms with E-state index in [2.05, 4.69) is 6.92 Å². The predicted molar refractivity (Wildman–Crippen MR) is 90.2 cm³/mol. The van der Waals surface area contributed by atoms with Crippen molar-refractivity contribution in [2.45, 2.75) is 56.8 Å². The molecule has 0 radical (unpaired) electrons. The lowest BCUT2D eigenvalue weighted by Gasteiger charge is -2.02. The molecule has 0 bridgehead atoms. The van der Waals surface area contributed by atoms with Crippen molar-refractivity contribution in [1.29, 1.82) is 0 Å². The van der Waals surface area contributed by atoms with Gasteiger partial charge in [0, 0.05) is 12.3 Å². The summed E-state index contributed by atoms with van der Waals surface area (Å²) in [4.78, 5) is -0.367. The molecule has 0 aromatic carbocycles. The molecule has 3 N–H and O–H groups in total. The first-order chi connectivity index (χ1) is 10.9. The zero-order chi connectivity index (χ0) is 17.3. The summed E-state index contributed by atoms with van der Waals surface area (Å²) in [6, 6.07) is 0.995. The lowest BCUT2D eigenvalue weighted by atomic mass is 10.1. The van der Waals surface area contributed by atoms with E-state index in [0.29, 0.717) is 0 Å². The molecule has 1 heterocycles. The molecule has 1 aromatic heterocycles. The van der Waals surface area contributed by atoms with Gasteiger partial charge in [-0.15, -0.1) is 0 Å². The summed E-state index contributed by atoms with van der Waals surface area (Å²) >= 11 is 0. The fraction of sp³-hybridized carbons (Fsp3) is 0.625. The van der Waals surface area contributed by atoms with E-state index in [4.69, 9.17) is 5.11 Å². The number of nitrogens with zero attached hydrogens (tertiary/aromatic N) is 1. The third-order valence-electron chi connectivity index (χ3n) is 3.63. The van der Waals surface area contributed by atoms with Crippen molar-refractivity contribution < 1.29 is 23.7 Å². The van der Waals surface area contributed by atoms with Crippen LogP contribution in [0.4, 0.5) is 0 Å². The highest BCUT2D eigenvalue weighted by atomic mass is 32.2. The Morgan fingerprint density at radius 2 is 1.78 bits per heavy atom. The van der Waals surface area contributed by atoms with Crippen molar-refractivity contribution in [3.05, 3.63) is 12.1 Å². The number of aliphatic hydroxyl groups is 1. The lowest BCUT2D eigenvalue weighted by molar-refractivity contribution is 0.319. The molecule has 132 valence electrons. The van der Waals surface area contributed by atoms with Crippen molar-refractivity contribution in [2.75, 3.05) is 12.4 Å². The van der Waals surface area contributed by atoms with Crippen LogP contribution in [-0.4, -0.2) is 40.7 Å². The monoisotopic (exact) mass is 345 g/mol. The van der Waals surface area contributed by atoms with Gasteiger partial charge < -0.3 is 15.3 Å². The average molecular weight is 345 g/mol. The minimum atomic E-state index is -3.81. The van der Waals surface area contributed by atoms with Gasteiger partial charge in [-0.1, -0.05) is 45.1 Å². The standard InChI is InChI=1S/C16H27NO5S/c1-2-3-4-5-6-7-8-9-10-17-15(19)13-14(16(17)20)23(21,22)12-11-18/h9-10,13,18-20H,2-8,11-12H2,1H3. The summed E-state index contributed by atoms with van der Waals surface area (Å²) in [5.74, 6) is -1.38. The number of sulfone groups is 1. The third-order valence-corrected chi connectivity index (χ3v) is 5.32. The van der Waals surface area contributed by atoms with Gasteiger partial charge in [-0.05, 0) is 12.8 Å². The van der Waals surface area contributed by atoms with E-state index in [1.54, 1.807) is 6.08 Å². The second-order valence-electron chi connectivity index (χ2n) is 5.54. The number of hydrogen-bond donors (Lipinski definition) is 3. The van der Waals surface area contributed by atoms with Crippen molar-refractivity contribution >= 4 is 16.0 Å². The fourth-order valence-corrected chi connectivity index (χ4v) is 3.43. The van der Waals surface area contributed by atoms with Crippen LogP contribution in [0.1, 0.15) is 51.9 Å². The zero-order valence-corrected chi connectivity index (χ0v) is 14.4. The number of hydrogen-bond acceptors (Lipinski definition) is 5. The van der Waals surface area contributed by atoms with Crippen molar-refractivity contribution in [2.24, 2.45) is 0 Å². The van der Waals surface area contributed by atoms with Gasteiger partial charge in [0.25, 0.3) is 0 Å². The maximum atomic E-state index is 11.9. The molecule has 23 heavy (non-hydrogen) atoms. The summed E-state index contributed by atoms with van der Waals surface area (Å²) in [7, 11) is -3.81. The molecule has 0 saturated heterocycles. The molecule has 0 unspecified atom stereocenters. The van der Waals surface area contributed by atoms with E-state index < -0.39 is 28.1 Å². The van der Waals surface area contributed by atoms with Crippen molar-refractivity contribution in [1.82, 2.24) is 4.57 Å². The number of aliphatic hydroxyl groups excluding tert-OH is 1. The quantitative estimate of drug-likeness (QED) is 0.536. The Labute approximate surface area is 138 Å². The molecule has 0 amide bonds. The molecule has 0 fully saturated rings. The summed E-state index contributed by atoms with van der Waals surface area (Å²) in [5.41, 5.74) is 0. The van der Waals surface area contributed by atoms with Crippen molar-refractivity contribution in [3.8, 4) is 11.8 Å². The fourth-order valence-electron chi connectivity index (χ4n) is 2.31. The first-order valence-electron chi connectivity index (χ1n) is 8.07. The highest BCUT2D eigenvalue weighted by molar-refractivity contribution is 7.91. The number of aromatic hydroxyl groups is 2. The Bertz CT molecular complexity index is 604. The molecule has 0 saturated carbocycles. The first kappa shape index (κ1) is 19.6. The highest BCUT2D eigenvalue weighted by Gasteiger charge is 2.24. The molecule has 0 spiro atoms. The van der Waals surface area contributed by atoms with Crippen LogP contribution in [0.3, 0.4) is 0 Å². The van der Waals surface area contributed by atoms with Crippen LogP contribution >= 0.6 is 0 Å². The van der Waals surface area contributed by atoms with Gasteiger partial charge in [0.1, 0.15) is 4.90 Å². The Morgan fingerprint density at radius 3 is 2.43 bits per heavy atom. The average Bonchev–Trinajstić information content (AvgIpc) is 2.78. The van der Waals surface area contributed by atoms with E-state index in [0.717, 1.165) is 29.9 Å². The molecule has 0 aliphatic carbocycles. The minimum Gasteiger partial charge on any atom is -0.494 e. The number of allylic oxidation sites excluding steroid dienone is 1. The van der Waals surface area contributed by atoms with Gasteiger partial charge >= 0.3 is 0 Å². The Morgan fingerprint density at radius 1 is 1.13 bits per heavy atom. The Hall–Kier alpha value is -1.47. The van der Waals surface area contributed by atoms with Crippen LogP contribution in [0.25, 0.3) is 6.20 Å². The molecule has 0 aliphatic rings. The molecule has 0 atom stereocenters. The second kappa shape index (κ2) is 9.62. The van der Waals surface area contributed by atoms with Crippen molar-refractivity contribution in [3.63, 3.8) is 0 Å². The highest BCUT2D eigenvalue weighted by Crippen LogP contribution is 2.32. The predicted octanol–water partition coefficient (Wildman–Crippen LogP) is 2.89. The van der Waals surface area contributed by atoms with E-state index in [1.807, 2.05) is 0 Å². The minimum absolute atomic E-state index is 0.349. The molecule has 7 heteroatoms. The largest absolute Gasteiger partial charge is 0.494 e. The molecule has 1 rings (SSSR count). The van der Waals surface area contributed by atoms with Crippen LogP contribution in [0, 0.1) is 0 Å². The van der Waals surface area contributed by atoms with Gasteiger partial charge in [-0.2, -0.15) is 0 Å². The third kappa shape index (κ3) is 5.91. The van der Waals surface area contributed by atoms with Crippen LogP contribution < -0.4 is 0 Å². The van der Waals surface area contributed by atoms with Gasteiger partial charge in [-0.3, -0.25) is 4.57 Å². The van der Waals surface area contributed by atoms with Gasteiger partial charge in [0.15, 0.2) is 15.7 Å². The summed E-state index contributed by atoms with van der Waals surface area (Å²) < 4.78 is 24.7. The maximum Gasteiger partial charge on any atom is 0.217 e. The smallest absolute Gasteiger partial charge is 0.217 e. The van der Waals surface area contributed by atoms with Crippen LogP contribution in [0.2, 0.25) is 0 Å². The molecule has 1 aromatic rings. The van der Waals surface area contributed by atoms with Gasteiger partial charge in [0.2, 0.25) is 5.88 Å². The SMILES string of the molecule is CCCCCCCCC=Cn1c(O)cc(S(=O)(=O)CCO)c1O. The van der Waals surface area contributed by atoms with E-state index >= 15 is 0 Å². The molecular formula is C16H27NO5S. The topological polar surface area (TPSA) is 99.8 Å². The van der Waals surface area contributed by atoms with Crippen LogP contribution in [0.5, 0.6) is 11.8 Å². The van der Waals surface area contributed by atoms with E-state index in [9.17, 15) is 18.6 Å². The number of unbranched alkanes of at least 4 members (excludes halogenated alkanes) is 6. The van der Waals surface area contributed by atoms with E-state index in [-0.39, 0.29) is 10.8 Å². The molecule has 6 nitrogen and oxygen atoms in total. The number of aromatic nitrogens is 1. The number of rotatable bonds is 11. The summed E-state index contributed by atoms with van der Waals surface area (Å²) in [5, 5.41) is 28.5. The van der Waals surface area contributed by atoms with E-state index in [1.165, 1.54) is 31.9 Å². The Balaban J connectivity index is 2.61. The Kier molecular flexibility index (Phi) is 8.19. The summed E-state index contributed by atoms with van der Waals surface area (Å²) in [6.07, 6.45) is 11.1. The zero-order valence-electron chi connectivity index (χ0n) is 13.6. The van der Waals surface area contributed by atoms with Crippen LogP contribution in [-0.2, 0) is 9.84 Å².